The Bertz CT molecular complexity index is 312. The maximum atomic E-state index is 3.36. The van der Waals surface area contributed by atoms with Crippen molar-refractivity contribution in [1.82, 2.24) is 0 Å². The Balaban J connectivity index is 2.38. The maximum Gasteiger partial charge on any atom is -0.0146 e. The highest BCUT2D eigenvalue weighted by molar-refractivity contribution is 5.17. The van der Waals surface area contributed by atoms with E-state index in [-0.39, 0.29) is 0 Å². The summed E-state index contributed by atoms with van der Waals surface area (Å²) in [6, 6.07) is 11.8. The van der Waals surface area contributed by atoms with Gasteiger partial charge in [0.2, 0.25) is 0 Å². The molecule has 0 heterocycles. The SMILES string of the molecule is CC(C)CC(C)CC(C)CC(C)c1[c]cccc1. The lowest BCUT2D eigenvalue weighted by Crippen LogP contribution is -2.09. The normalized spacial score (nSPS) is 16.6. The molecule has 3 atom stereocenters. The molecule has 0 bridgehead atoms. The van der Waals surface area contributed by atoms with Crippen LogP contribution in [0.15, 0.2) is 24.3 Å². The number of hydrogen-bond acceptors (Lipinski definition) is 0. The number of hydrogen-bond donors (Lipinski definition) is 0. The molecular formula is C18H29. The Kier molecular flexibility index (Phi) is 6.46. The van der Waals surface area contributed by atoms with Crippen LogP contribution < -0.4 is 0 Å². The first-order valence-electron chi connectivity index (χ1n) is 7.45. The average molecular weight is 245 g/mol. The first-order valence-corrected chi connectivity index (χ1v) is 7.45. The van der Waals surface area contributed by atoms with Gasteiger partial charge in [0.15, 0.2) is 0 Å². The van der Waals surface area contributed by atoms with Gasteiger partial charge >= 0.3 is 0 Å². The van der Waals surface area contributed by atoms with Crippen LogP contribution in [0, 0.1) is 23.8 Å². The molecule has 0 aliphatic rings. The molecule has 0 aliphatic heterocycles. The Morgan fingerprint density at radius 3 is 2.11 bits per heavy atom. The Hall–Kier alpha value is -0.780. The molecule has 0 N–H and O–H groups in total. The van der Waals surface area contributed by atoms with Crippen molar-refractivity contribution in [3.05, 3.63) is 35.9 Å². The van der Waals surface area contributed by atoms with E-state index in [1.807, 2.05) is 12.1 Å². The topological polar surface area (TPSA) is 0 Å². The first kappa shape index (κ1) is 15.3. The Labute approximate surface area is 114 Å². The molecule has 1 aromatic rings. The minimum absolute atomic E-state index is 0.632. The summed E-state index contributed by atoms with van der Waals surface area (Å²) in [5.74, 6) is 3.12. The lowest BCUT2D eigenvalue weighted by molar-refractivity contribution is 0.333. The summed E-state index contributed by atoms with van der Waals surface area (Å²) in [5, 5.41) is 0. The molecule has 0 amide bonds. The zero-order chi connectivity index (χ0) is 13.5. The van der Waals surface area contributed by atoms with Crippen LogP contribution in [-0.4, -0.2) is 0 Å². The van der Waals surface area contributed by atoms with Gasteiger partial charge in [0, 0.05) is 0 Å². The van der Waals surface area contributed by atoms with E-state index in [1.54, 1.807) is 0 Å². The third-order valence-corrected chi connectivity index (χ3v) is 3.70. The molecule has 0 spiro atoms. The van der Waals surface area contributed by atoms with E-state index in [2.05, 4.69) is 52.8 Å². The minimum Gasteiger partial charge on any atom is -0.0628 e. The second-order valence-corrected chi connectivity index (χ2v) is 6.53. The molecule has 18 heavy (non-hydrogen) atoms. The van der Waals surface area contributed by atoms with Crippen LogP contribution in [0.25, 0.3) is 0 Å². The van der Waals surface area contributed by atoms with Gasteiger partial charge in [-0.25, -0.2) is 0 Å². The van der Waals surface area contributed by atoms with Crippen molar-refractivity contribution in [2.24, 2.45) is 17.8 Å². The average Bonchev–Trinajstić information content (AvgIpc) is 2.28. The van der Waals surface area contributed by atoms with Crippen molar-refractivity contribution in [3.63, 3.8) is 0 Å². The molecule has 1 aromatic carbocycles. The predicted octanol–water partition coefficient (Wildman–Crippen LogP) is 5.69. The monoisotopic (exact) mass is 245 g/mol. The van der Waals surface area contributed by atoms with Crippen molar-refractivity contribution in [1.29, 1.82) is 0 Å². The van der Waals surface area contributed by atoms with Crippen molar-refractivity contribution in [2.45, 2.75) is 59.8 Å². The van der Waals surface area contributed by atoms with Gasteiger partial charge in [-0.2, -0.15) is 0 Å². The summed E-state index contributed by atoms with van der Waals surface area (Å²) >= 11 is 0. The molecular weight excluding hydrogens is 216 g/mol. The van der Waals surface area contributed by atoms with Crippen molar-refractivity contribution in [2.75, 3.05) is 0 Å². The summed E-state index contributed by atoms with van der Waals surface area (Å²) in [4.78, 5) is 0. The van der Waals surface area contributed by atoms with E-state index in [0.29, 0.717) is 5.92 Å². The fraction of sp³-hybridized carbons (Fsp3) is 0.667. The molecule has 0 fully saturated rings. The van der Waals surface area contributed by atoms with Gasteiger partial charge in [-0.1, -0.05) is 58.9 Å². The zero-order valence-electron chi connectivity index (χ0n) is 12.7. The summed E-state index contributed by atoms with van der Waals surface area (Å²) in [6.07, 6.45) is 3.99. The third-order valence-electron chi connectivity index (χ3n) is 3.70. The van der Waals surface area contributed by atoms with Gasteiger partial charge in [-0.3, -0.25) is 0 Å². The summed E-state index contributed by atoms with van der Waals surface area (Å²) in [6.45, 7) is 11.8. The van der Waals surface area contributed by atoms with Crippen molar-refractivity contribution < 1.29 is 0 Å². The molecule has 0 saturated heterocycles. The standard InChI is InChI=1S/C18H29/c1-14(2)11-15(3)12-16(4)13-17(5)18-9-7-6-8-10-18/h6-9,14-17H,11-13H2,1-5H3. The molecule has 101 valence electrons. The molecule has 1 radical (unpaired) electrons. The van der Waals surface area contributed by atoms with Gasteiger partial charge in [-0.05, 0) is 54.6 Å². The Morgan fingerprint density at radius 1 is 0.889 bits per heavy atom. The minimum atomic E-state index is 0.632. The van der Waals surface area contributed by atoms with Crippen molar-refractivity contribution >= 4 is 0 Å². The van der Waals surface area contributed by atoms with Crippen molar-refractivity contribution in [3.8, 4) is 0 Å². The first-order chi connectivity index (χ1) is 8.49. The van der Waals surface area contributed by atoms with Gasteiger partial charge in [0.05, 0.1) is 0 Å². The zero-order valence-corrected chi connectivity index (χ0v) is 12.7. The summed E-state index contributed by atoms with van der Waals surface area (Å²) in [7, 11) is 0. The Morgan fingerprint density at radius 2 is 1.56 bits per heavy atom. The van der Waals surface area contributed by atoms with Crippen LogP contribution in [0.2, 0.25) is 0 Å². The van der Waals surface area contributed by atoms with E-state index < -0.39 is 0 Å². The van der Waals surface area contributed by atoms with E-state index in [1.165, 1.54) is 24.8 Å². The van der Waals surface area contributed by atoms with Crippen LogP contribution in [0.3, 0.4) is 0 Å². The smallest absolute Gasteiger partial charge is 0.0146 e. The molecule has 1 rings (SSSR count). The highest BCUT2D eigenvalue weighted by atomic mass is 14.2. The highest BCUT2D eigenvalue weighted by Crippen LogP contribution is 2.28. The molecule has 0 aliphatic carbocycles. The molecule has 3 unspecified atom stereocenters. The van der Waals surface area contributed by atoms with Crippen LogP contribution in [0.4, 0.5) is 0 Å². The molecule has 0 nitrogen and oxygen atoms in total. The van der Waals surface area contributed by atoms with E-state index in [4.69, 9.17) is 0 Å². The van der Waals surface area contributed by atoms with Gasteiger partial charge in [0.25, 0.3) is 0 Å². The quantitative estimate of drug-likeness (QED) is 0.579. The summed E-state index contributed by atoms with van der Waals surface area (Å²) in [5.41, 5.74) is 1.36. The lowest BCUT2D eigenvalue weighted by Gasteiger charge is -2.22. The number of benzene rings is 1. The largest absolute Gasteiger partial charge is 0.0628 e. The van der Waals surface area contributed by atoms with E-state index in [0.717, 1.165) is 17.8 Å². The van der Waals surface area contributed by atoms with Gasteiger partial charge in [0.1, 0.15) is 0 Å². The highest BCUT2D eigenvalue weighted by Gasteiger charge is 2.14. The van der Waals surface area contributed by atoms with Gasteiger partial charge < -0.3 is 0 Å². The number of rotatable bonds is 7. The second kappa shape index (κ2) is 7.61. The van der Waals surface area contributed by atoms with Crippen LogP contribution in [-0.2, 0) is 0 Å². The maximum absolute atomic E-state index is 3.36. The van der Waals surface area contributed by atoms with Gasteiger partial charge in [-0.15, -0.1) is 0 Å². The molecule has 0 aromatic heterocycles. The molecule has 0 saturated carbocycles. The van der Waals surface area contributed by atoms with Crippen LogP contribution in [0.5, 0.6) is 0 Å². The van der Waals surface area contributed by atoms with Crippen LogP contribution >= 0.6 is 0 Å². The predicted molar refractivity (Wildman–Crippen MR) is 80.7 cm³/mol. The second-order valence-electron chi connectivity index (χ2n) is 6.53. The van der Waals surface area contributed by atoms with Crippen LogP contribution in [0.1, 0.15) is 65.4 Å². The fourth-order valence-electron chi connectivity index (χ4n) is 3.13. The summed E-state index contributed by atoms with van der Waals surface area (Å²) < 4.78 is 0. The van der Waals surface area contributed by atoms with E-state index in [9.17, 15) is 0 Å². The fourth-order valence-corrected chi connectivity index (χ4v) is 3.13. The molecule has 0 heteroatoms. The lowest BCUT2D eigenvalue weighted by atomic mass is 9.84. The third kappa shape index (κ3) is 5.71. The van der Waals surface area contributed by atoms with E-state index >= 15 is 0 Å².